The molecule has 1 saturated heterocycles. The van der Waals surface area contributed by atoms with E-state index >= 15 is 0 Å². The van der Waals surface area contributed by atoms with Crippen molar-refractivity contribution in [3.8, 4) is 0 Å². The van der Waals surface area contributed by atoms with Crippen molar-refractivity contribution in [3.05, 3.63) is 0 Å². The normalized spacial score (nSPS) is 23.8. The van der Waals surface area contributed by atoms with Crippen LogP contribution >= 0.6 is 0 Å². The van der Waals surface area contributed by atoms with E-state index < -0.39 is 17.8 Å². The molecule has 2 atom stereocenters. The van der Waals surface area contributed by atoms with Gasteiger partial charge in [0.2, 0.25) is 5.91 Å². The number of nitrogens with zero attached hydrogens (tertiary/aromatic N) is 1. The summed E-state index contributed by atoms with van der Waals surface area (Å²) in [5, 5.41) is 11.4. The Bertz CT molecular complexity index is 268. The second-order valence-corrected chi connectivity index (χ2v) is 4.44. The first-order valence-electron chi connectivity index (χ1n) is 5.73. The van der Waals surface area contributed by atoms with E-state index in [1.54, 1.807) is 0 Å². The minimum atomic E-state index is -1.07. The minimum Gasteiger partial charge on any atom is -0.481 e. The number of likely N-dealkylation sites (tertiary alicyclic amines) is 1. The molecule has 0 aromatic heterocycles. The molecule has 92 valence electrons. The van der Waals surface area contributed by atoms with Crippen LogP contribution in [0.2, 0.25) is 0 Å². The van der Waals surface area contributed by atoms with Crippen molar-refractivity contribution in [1.82, 2.24) is 10.2 Å². The molecule has 5 heteroatoms. The molecular formula is C11H20N2O3. The highest BCUT2D eigenvalue weighted by Gasteiger charge is 2.23. The van der Waals surface area contributed by atoms with E-state index in [4.69, 9.17) is 5.11 Å². The highest BCUT2D eigenvalue weighted by Crippen LogP contribution is 2.14. The van der Waals surface area contributed by atoms with Crippen LogP contribution in [0, 0.1) is 5.92 Å². The van der Waals surface area contributed by atoms with E-state index in [2.05, 4.69) is 10.2 Å². The van der Waals surface area contributed by atoms with Crippen LogP contribution < -0.4 is 5.32 Å². The number of rotatable bonds is 4. The fourth-order valence-electron chi connectivity index (χ4n) is 1.89. The van der Waals surface area contributed by atoms with Gasteiger partial charge in [-0.25, -0.2) is 0 Å². The molecule has 0 aromatic rings. The van der Waals surface area contributed by atoms with E-state index in [-0.39, 0.29) is 0 Å². The number of piperidine rings is 1. The van der Waals surface area contributed by atoms with Gasteiger partial charge < -0.3 is 15.3 Å². The minimum absolute atomic E-state index is 0.346. The average Bonchev–Trinajstić information content (AvgIpc) is 2.26. The average molecular weight is 228 g/mol. The molecule has 16 heavy (non-hydrogen) atoms. The summed E-state index contributed by atoms with van der Waals surface area (Å²) in [4.78, 5) is 24.2. The van der Waals surface area contributed by atoms with E-state index in [0.29, 0.717) is 12.6 Å². The number of likely N-dealkylation sites (N-methyl/N-ethyl adjacent to an activating group) is 1. The van der Waals surface area contributed by atoms with Gasteiger partial charge in [0, 0.05) is 12.6 Å². The van der Waals surface area contributed by atoms with Crippen molar-refractivity contribution in [2.24, 2.45) is 5.92 Å². The van der Waals surface area contributed by atoms with Gasteiger partial charge in [0.05, 0.1) is 0 Å². The van der Waals surface area contributed by atoms with E-state index in [1.807, 2.05) is 7.05 Å². The Morgan fingerprint density at radius 1 is 1.50 bits per heavy atom. The summed E-state index contributed by atoms with van der Waals surface area (Å²) in [5.74, 6) is -2.44. The predicted octanol–water partition coefficient (Wildman–Crippen LogP) is 0.308. The number of hydrogen-bond acceptors (Lipinski definition) is 3. The van der Waals surface area contributed by atoms with E-state index in [1.165, 1.54) is 19.8 Å². The predicted molar refractivity (Wildman–Crippen MR) is 60.1 cm³/mol. The number of aliphatic carboxylic acids is 1. The lowest BCUT2D eigenvalue weighted by atomic mass is 10.0. The Morgan fingerprint density at radius 3 is 2.75 bits per heavy atom. The van der Waals surface area contributed by atoms with E-state index in [9.17, 15) is 9.59 Å². The smallest absolute Gasteiger partial charge is 0.315 e. The Morgan fingerprint density at radius 2 is 2.19 bits per heavy atom. The Labute approximate surface area is 95.8 Å². The van der Waals surface area contributed by atoms with Crippen LogP contribution in [0.1, 0.15) is 26.2 Å². The van der Waals surface area contributed by atoms with Gasteiger partial charge in [-0.15, -0.1) is 0 Å². The third kappa shape index (κ3) is 3.48. The van der Waals surface area contributed by atoms with Crippen LogP contribution in [0.15, 0.2) is 0 Å². The van der Waals surface area contributed by atoms with Gasteiger partial charge >= 0.3 is 5.97 Å². The summed E-state index contributed by atoms with van der Waals surface area (Å²) >= 11 is 0. The first kappa shape index (κ1) is 13.0. The maximum atomic E-state index is 11.4. The van der Waals surface area contributed by atoms with Crippen LogP contribution in [0.5, 0.6) is 0 Å². The summed E-state index contributed by atoms with van der Waals surface area (Å²) < 4.78 is 0. The molecule has 0 spiro atoms. The van der Waals surface area contributed by atoms with Crippen LogP contribution in [0.25, 0.3) is 0 Å². The van der Waals surface area contributed by atoms with Gasteiger partial charge in [0.15, 0.2) is 0 Å². The fourth-order valence-corrected chi connectivity index (χ4v) is 1.89. The van der Waals surface area contributed by atoms with E-state index in [0.717, 1.165) is 13.0 Å². The van der Waals surface area contributed by atoms with Crippen LogP contribution in [0.4, 0.5) is 0 Å². The molecular weight excluding hydrogens is 208 g/mol. The lowest BCUT2D eigenvalue weighted by Crippen LogP contribution is -2.46. The number of carboxylic acids is 1. The lowest BCUT2D eigenvalue weighted by Gasteiger charge is -2.32. The van der Waals surface area contributed by atoms with Crippen molar-refractivity contribution in [2.75, 3.05) is 20.1 Å². The molecule has 2 N–H and O–H groups in total. The van der Waals surface area contributed by atoms with Crippen molar-refractivity contribution >= 4 is 11.9 Å². The zero-order chi connectivity index (χ0) is 12.1. The summed E-state index contributed by atoms with van der Waals surface area (Å²) in [6.45, 7) is 3.00. The molecule has 0 aromatic carbocycles. The Balaban J connectivity index is 2.33. The first-order chi connectivity index (χ1) is 7.52. The second-order valence-electron chi connectivity index (χ2n) is 4.44. The van der Waals surface area contributed by atoms with Gasteiger partial charge in [0.1, 0.15) is 5.92 Å². The zero-order valence-corrected chi connectivity index (χ0v) is 9.90. The van der Waals surface area contributed by atoms with Crippen molar-refractivity contribution in [3.63, 3.8) is 0 Å². The molecule has 2 unspecified atom stereocenters. The number of carboxylic acid groups (broad SMARTS) is 1. The van der Waals surface area contributed by atoms with Gasteiger partial charge in [-0.05, 0) is 33.4 Å². The van der Waals surface area contributed by atoms with Crippen LogP contribution in [-0.4, -0.2) is 48.1 Å². The SMILES string of the molecule is CC(C(=O)O)C(=O)NCC1CCCCN1C. The molecule has 1 heterocycles. The fraction of sp³-hybridized carbons (Fsp3) is 0.818. The van der Waals surface area contributed by atoms with Crippen LogP contribution in [0.3, 0.4) is 0 Å². The number of hydrogen-bond donors (Lipinski definition) is 2. The van der Waals surface area contributed by atoms with Gasteiger partial charge in [-0.2, -0.15) is 0 Å². The number of amides is 1. The Kier molecular flexibility index (Phi) is 4.73. The van der Waals surface area contributed by atoms with Crippen molar-refractivity contribution in [1.29, 1.82) is 0 Å². The quantitative estimate of drug-likeness (QED) is 0.679. The highest BCUT2D eigenvalue weighted by molar-refractivity contribution is 5.96. The molecule has 1 rings (SSSR count). The number of carbonyl (C=O) groups excluding carboxylic acids is 1. The van der Waals surface area contributed by atoms with Crippen molar-refractivity contribution < 1.29 is 14.7 Å². The van der Waals surface area contributed by atoms with Crippen molar-refractivity contribution in [2.45, 2.75) is 32.2 Å². The third-order valence-electron chi connectivity index (χ3n) is 3.20. The number of nitrogens with one attached hydrogen (secondary N) is 1. The summed E-state index contributed by atoms with van der Waals surface area (Å²) in [5.41, 5.74) is 0. The molecule has 0 saturated carbocycles. The molecule has 1 amide bonds. The van der Waals surface area contributed by atoms with Gasteiger partial charge in [-0.1, -0.05) is 6.42 Å². The maximum absolute atomic E-state index is 11.4. The number of carbonyl (C=O) groups is 2. The largest absolute Gasteiger partial charge is 0.481 e. The first-order valence-corrected chi connectivity index (χ1v) is 5.73. The molecule has 0 bridgehead atoms. The topological polar surface area (TPSA) is 69.6 Å². The third-order valence-corrected chi connectivity index (χ3v) is 3.20. The molecule has 1 fully saturated rings. The summed E-state index contributed by atoms with van der Waals surface area (Å²) in [6.07, 6.45) is 3.45. The zero-order valence-electron chi connectivity index (χ0n) is 9.90. The van der Waals surface area contributed by atoms with Gasteiger partial charge in [0.25, 0.3) is 0 Å². The highest BCUT2D eigenvalue weighted by atomic mass is 16.4. The van der Waals surface area contributed by atoms with Crippen LogP contribution in [-0.2, 0) is 9.59 Å². The monoisotopic (exact) mass is 228 g/mol. The molecule has 1 aliphatic heterocycles. The Hall–Kier alpha value is -1.10. The molecule has 1 aliphatic rings. The summed E-state index contributed by atoms with van der Waals surface area (Å²) in [6, 6.07) is 0.346. The summed E-state index contributed by atoms with van der Waals surface area (Å²) in [7, 11) is 2.04. The molecule has 0 radical (unpaired) electrons. The second kappa shape index (κ2) is 5.84. The van der Waals surface area contributed by atoms with Gasteiger partial charge in [-0.3, -0.25) is 9.59 Å². The molecule has 5 nitrogen and oxygen atoms in total. The standard InChI is InChI=1S/C11H20N2O3/c1-8(11(15)16)10(14)12-7-9-5-3-4-6-13(9)2/h8-9H,3-7H2,1-2H3,(H,12,14)(H,15,16). The lowest BCUT2D eigenvalue weighted by molar-refractivity contribution is -0.146. The maximum Gasteiger partial charge on any atom is 0.315 e. The molecule has 0 aliphatic carbocycles.